The molecule has 7 heteroatoms. The van der Waals surface area contributed by atoms with E-state index in [2.05, 4.69) is 4.98 Å². The summed E-state index contributed by atoms with van der Waals surface area (Å²) in [4.78, 5) is 27.7. The third-order valence-corrected chi connectivity index (χ3v) is 3.70. The van der Waals surface area contributed by atoms with Crippen LogP contribution in [0.2, 0.25) is 0 Å². The van der Waals surface area contributed by atoms with Gasteiger partial charge in [-0.15, -0.1) is 11.3 Å². The largest absolute Gasteiger partial charge is 0.292 e. The van der Waals surface area contributed by atoms with Crippen molar-refractivity contribution in [1.29, 1.82) is 0 Å². The fraction of sp³-hybridized carbons (Fsp3) is 0.300. The van der Waals surface area contributed by atoms with Crippen molar-refractivity contribution < 1.29 is 4.79 Å². The van der Waals surface area contributed by atoms with Crippen molar-refractivity contribution in [3.63, 3.8) is 0 Å². The molecule has 1 atom stereocenters. The van der Waals surface area contributed by atoms with Gasteiger partial charge in [-0.05, 0) is 24.8 Å². The van der Waals surface area contributed by atoms with Gasteiger partial charge in [-0.3, -0.25) is 19.6 Å². The molecule has 3 N–H and O–H groups in total. The van der Waals surface area contributed by atoms with Crippen LogP contribution in [0.1, 0.15) is 18.5 Å². The van der Waals surface area contributed by atoms with Crippen LogP contribution in [-0.2, 0) is 4.79 Å². The zero-order valence-electron chi connectivity index (χ0n) is 9.43. The zero-order valence-corrected chi connectivity index (χ0v) is 10.2. The van der Waals surface area contributed by atoms with Crippen LogP contribution in [0.3, 0.4) is 0 Å². The second-order valence-corrected chi connectivity index (χ2v) is 4.62. The SMILES string of the molecule is Cc1csc2c(=O)n(C(C)C(=O)NN)cnc12. The number of aromatic nitrogens is 2. The van der Waals surface area contributed by atoms with Crippen molar-refractivity contribution in [1.82, 2.24) is 15.0 Å². The predicted octanol–water partition coefficient (Wildman–Crippen LogP) is 0.317. The van der Waals surface area contributed by atoms with Crippen molar-refractivity contribution in [2.45, 2.75) is 19.9 Å². The molecule has 0 aliphatic rings. The molecular weight excluding hydrogens is 240 g/mol. The first-order valence-corrected chi connectivity index (χ1v) is 5.89. The summed E-state index contributed by atoms with van der Waals surface area (Å²) in [5.41, 5.74) is 3.46. The predicted molar refractivity (Wildman–Crippen MR) is 65.7 cm³/mol. The van der Waals surface area contributed by atoms with E-state index in [0.29, 0.717) is 10.2 Å². The van der Waals surface area contributed by atoms with Gasteiger partial charge in [-0.2, -0.15) is 0 Å². The van der Waals surface area contributed by atoms with Crippen LogP contribution in [0.25, 0.3) is 10.2 Å². The number of aryl methyl sites for hydroxylation is 1. The van der Waals surface area contributed by atoms with Gasteiger partial charge in [-0.25, -0.2) is 10.8 Å². The Labute approximate surface area is 101 Å². The van der Waals surface area contributed by atoms with E-state index in [-0.39, 0.29) is 5.56 Å². The molecule has 17 heavy (non-hydrogen) atoms. The topological polar surface area (TPSA) is 90.0 Å². The number of thiophene rings is 1. The highest BCUT2D eigenvalue weighted by Crippen LogP contribution is 2.20. The van der Waals surface area contributed by atoms with Gasteiger partial charge < -0.3 is 0 Å². The Morgan fingerprint density at radius 2 is 2.35 bits per heavy atom. The number of amides is 1. The minimum atomic E-state index is -0.674. The molecule has 0 saturated heterocycles. The summed E-state index contributed by atoms with van der Waals surface area (Å²) in [7, 11) is 0. The number of carbonyl (C=O) groups is 1. The molecule has 0 aromatic carbocycles. The lowest BCUT2D eigenvalue weighted by molar-refractivity contribution is -0.124. The molecule has 2 aromatic heterocycles. The minimum absolute atomic E-state index is 0.218. The van der Waals surface area contributed by atoms with E-state index in [9.17, 15) is 9.59 Å². The van der Waals surface area contributed by atoms with Crippen molar-refractivity contribution in [3.05, 3.63) is 27.6 Å². The van der Waals surface area contributed by atoms with Gasteiger partial charge in [0.15, 0.2) is 0 Å². The fourth-order valence-corrected chi connectivity index (χ4v) is 2.50. The molecule has 0 aliphatic carbocycles. The lowest BCUT2D eigenvalue weighted by Gasteiger charge is -2.12. The van der Waals surface area contributed by atoms with Crippen LogP contribution in [0.5, 0.6) is 0 Å². The van der Waals surface area contributed by atoms with E-state index >= 15 is 0 Å². The number of nitrogens with one attached hydrogen (secondary N) is 1. The normalized spacial score (nSPS) is 12.6. The van der Waals surface area contributed by atoms with Crippen LogP contribution < -0.4 is 16.8 Å². The monoisotopic (exact) mass is 252 g/mol. The average molecular weight is 252 g/mol. The summed E-state index contributed by atoms with van der Waals surface area (Å²) in [6.07, 6.45) is 1.38. The van der Waals surface area contributed by atoms with E-state index in [4.69, 9.17) is 5.84 Å². The standard InChI is InChI=1S/C10H12N4O2S/c1-5-3-17-8-7(5)12-4-14(10(8)16)6(2)9(15)13-11/h3-4,6H,11H2,1-2H3,(H,13,15). The zero-order chi connectivity index (χ0) is 12.6. The second kappa shape index (κ2) is 4.27. The first kappa shape index (κ1) is 11.7. The molecule has 0 radical (unpaired) electrons. The highest BCUT2D eigenvalue weighted by atomic mass is 32.1. The summed E-state index contributed by atoms with van der Waals surface area (Å²) < 4.78 is 1.84. The minimum Gasteiger partial charge on any atom is -0.292 e. The first-order valence-electron chi connectivity index (χ1n) is 5.01. The molecule has 0 saturated carbocycles. The molecule has 0 spiro atoms. The van der Waals surface area contributed by atoms with E-state index in [0.717, 1.165) is 5.56 Å². The molecule has 6 nitrogen and oxygen atoms in total. The summed E-state index contributed by atoms with van der Waals surface area (Å²) in [6, 6.07) is -0.674. The molecule has 1 unspecified atom stereocenters. The second-order valence-electron chi connectivity index (χ2n) is 3.74. The lowest BCUT2D eigenvalue weighted by Crippen LogP contribution is -2.39. The summed E-state index contributed by atoms with van der Waals surface area (Å²) >= 11 is 1.33. The number of hydrogen-bond donors (Lipinski definition) is 2. The van der Waals surface area contributed by atoms with Crippen LogP contribution in [0.4, 0.5) is 0 Å². The third-order valence-electron chi connectivity index (χ3n) is 2.62. The van der Waals surface area contributed by atoms with Crippen LogP contribution in [0, 0.1) is 6.92 Å². The van der Waals surface area contributed by atoms with E-state index < -0.39 is 11.9 Å². The molecule has 0 aliphatic heterocycles. The van der Waals surface area contributed by atoms with Gasteiger partial charge in [0.1, 0.15) is 10.7 Å². The quantitative estimate of drug-likeness (QED) is 0.457. The van der Waals surface area contributed by atoms with Crippen molar-refractivity contribution in [3.8, 4) is 0 Å². The number of nitrogens with zero attached hydrogens (tertiary/aromatic N) is 2. The van der Waals surface area contributed by atoms with Gasteiger partial charge in [0, 0.05) is 0 Å². The lowest BCUT2D eigenvalue weighted by atomic mass is 10.3. The molecule has 0 bridgehead atoms. The molecule has 90 valence electrons. The van der Waals surface area contributed by atoms with Crippen molar-refractivity contribution >= 4 is 27.5 Å². The molecule has 2 rings (SSSR count). The van der Waals surface area contributed by atoms with Gasteiger partial charge in [0.05, 0.1) is 11.8 Å². The van der Waals surface area contributed by atoms with Crippen LogP contribution in [-0.4, -0.2) is 15.5 Å². The van der Waals surface area contributed by atoms with Gasteiger partial charge >= 0.3 is 0 Å². The highest BCUT2D eigenvalue weighted by molar-refractivity contribution is 7.17. The third kappa shape index (κ3) is 1.83. The fourth-order valence-electron chi connectivity index (χ4n) is 1.56. The van der Waals surface area contributed by atoms with E-state index in [1.54, 1.807) is 6.92 Å². The molecule has 2 heterocycles. The Kier molecular flexibility index (Phi) is 2.95. The number of rotatable bonds is 2. The molecular formula is C10H12N4O2S. The summed E-state index contributed by atoms with van der Waals surface area (Å²) in [5.74, 6) is 4.62. The number of hydrazine groups is 1. The Bertz CT molecular complexity index is 631. The smallest absolute Gasteiger partial charge is 0.272 e. The maximum atomic E-state index is 12.1. The van der Waals surface area contributed by atoms with Crippen LogP contribution >= 0.6 is 11.3 Å². The number of fused-ring (bicyclic) bond motifs is 1. The Morgan fingerprint density at radius 3 is 3.00 bits per heavy atom. The highest BCUT2D eigenvalue weighted by Gasteiger charge is 2.17. The van der Waals surface area contributed by atoms with E-state index in [1.807, 2.05) is 17.7 Å². The number of hydrogen-bond acceptors (Lipinski definition) is 5. The Morgan fingerprint density at radius 1 is 1.65 bits per heavy atom. The molecule has 0 fully saturated rings. The van der Waals surface area contributed by atoms with Gasteiger partial charge in [0.25, 0.3) is 11.5 Å². The van der Waals surface area contributed by atoms with Gasteiger partial charge in [-0.1, -0.05) is 0 Å². The maximum Gasteiger partial charge on any atom is 0.272 e. The first-order chi connectivity index (χ1) is 8.06. The van der Waals surface area contributed by atoms with Crippen molar-refractivity contribution in [2.75, 3.05) is 0 Å². The molecule has 1 amide bonds. The Hall–Kier alpha value is -1.73. The maximum absolute atomic E-state index is 12.1. The van der Waals surface area contributed by atoms with Crippen molar-refractivity contribution in [2.24, 2.45) is 5.84 Å². The Balaban J connectivity index is 2.61. The average Bonchev–Trinajstić information content (AvgIpc) is 2.71. The molecule has 2 aromatic rings. The van der Waals surface area contributed by atoms with Crippen LogP contribution in [0.15, 0.2) is 16.5 Å². The van der Waals surface area contributed by atoms with Gasteiger partial charge in [0.2, 0.25) is 0 Å². The summed E-state index contributed by atoms with van der Waals surface area (Å²) in [6.45, 7) is 3.49. The summed E-state index contributed by atoms with van der Waals surface area (Å²) in [5, 5.41) is 1.87. The van der Waals surface area contributed by atoms with E-state index in [1.165, 1.54) is 22.2 Å². The number of carbonyl (C=O) groups excluding carboxylic acids is 1. The number of nitrogens with two attached hydrogens (primary N) is 1.